The number of nitrogens with zero attached hydrogens (tertiary/aromatic N) is 3. The molecule has 3 rings (SSSR count). The van der Waals surface area contributed by atoms with Crippen LogP contribution in [0.2, 0.25) is 5.02 Å². The number of nitrogen functional groups attached to an aromatic ring is 1. The van der Waals surface area contributed by atoms with Gasteiger partial charge in [-0.2, -0.15) is 0 Å². The lowest BCUT2D eigenvalue weighted by molar-refractivity contribution is -0.115. The molecule has 1 aromatic heterocycles. The molecule has 2 aromatic carbocycles. The fourth-order valence-electron chi connectivity index (χ4n) is 2.91. The maximum Gasteiger partial charge on any atom is 0.237 e. The van der Waals surface area contributed by atoms with E-state index in [1.165, 1.54) is 16.8 Å². The van der Waals surface area contributed by atoms with Crippen LogP contribution in [0.4, 0.5) is 10.1 Å². The summed E-state index contributed by atoms with van der Waals surface area (Å²) >= 11 is 6.85. The quantitative estimate of drug-likeness (QED) is 0.353. The van der Waals surface area contributed by atoms with Gasteiger partial charge in [-0.15, -0.1) is 10.2 Å². The van der Waals surface area contributed by atoms with E-state index >= 15 is 0 Å². The number of carbonyl (C=O) groups is 1. The second kappa shape index (κ2) is 10.2. The van der Waals surface area contributed by atoms with Gasteiger partial charge in [0.1, 0.15) is 18.2 Å². The summed E-state index contributed by atoms with van der Waals surface area (Å²) < 4.78 is 21.2. The highest BCUT2D eigenvalue weighted by atomic mass is 35.5. The first kappa shape index (κ1) is 23.9. The molecule has 1 amide bonds. The fraction of sp³-hybridized carbons (Fsp3) is 0.318. The largest absolute Gasteiger partial charge is 0.485 e. The van der Waals surface area contributed by atoms with Crippen molar-refractivity contribution >= 4 is 35.0 Å². The zero-order valence-electron chi connectivity index (χ0n) is 18.2. The van der Waals surface area contributed by atoms with Gasteiger partial charge >= 0.3 is 0 Å². The van der Waals surface area contributed by atoms with Crippen LogP contribution in [0.3, 0.4) is 0 Å². The van der Waals surface area contributed by atoms with Crippen molar-refractivity contribution in [1.82, 2.24) is 14.9 Å². The third-order valence-corrected chi connectivity index (χ3v) is 6.02. The van der Waals surface area contributed by atoms with Gasteiger partial charge in [0.05, 0.1) is 10.9 Å². The Bertz CT molecular complexity index is 1120. The Kier molecular flexibility index (Phi) is 7.63. The smallest absolute Gasteiger partial charge is 0.237 e. The maximum atomic E-state index is 13.9. The van der Waals surface area contributed by atoms with E-state index in [1.807, 2.05) is 25.1 Å². The predicted molar refractivity (Wildman–Crippen MR) is 125 cm³/mol. The molecule has 170 valence electrons. The van der Waals surface area contributed by atoms with Crippen LogP contribution in [0.25, 0.3) is 0 Å². The molecule has 1 atom stereocenters. The van der Waals surface area contributed by atoms with Crippen LogP contribution in [0.15, 0.2) is 41.6 Å². The number of amides is 1. The van der Waals surface area contributed by atoms with E-state index < -0.39 is 17.0 Å². The van der Waals surface area contributed by atoms with E-state index in [4.69, 9.17) is 22.2 Å². The summed E-state index contributed by atoms with van der Waals surface area (Å²) in [5.41, 5.74) is 2.23. The SMILES string of the molecule is Cc1ccc(C(C)C)c(OCc2nnc(SC(C)C(=O)Nc3ccc(Cl)cc3F)n2N)c1. The van der Waals surface area contributed by atoms with Gasteiger partial charge < -0.3 is 15.9 Å². The minimum absolute atomic E-state index is 0.0502. The van der Waals surface area contributed by atoms with Crippen molar-refractivity contribution in [3.05, 3.63) is 64.2 Å². The highest BCUT2D eigenvalue weighted by molar-refractivity contribution is 8.00. The monoisotopic (exact) mass is 477 g/mol. The number of halogens is 2. The van der Waals surface area contributed by atoms with Crippen LogP contribution >= 0.6 is 23.4 Å². The molecule has 1 unspecified atom stereocenters. The Balaban J connectivity index is 1.64. The van der Waals surface area contributed by atoms with Crippen LogP contribution in [-0.2, 0) is 11.4 Å². The number of nitrogens with one attached hydrogen (secondary N) is 1. The van der Waals surface area contributed by atoms with E-state index in [9.17, 15) is 9.18 Å². The van der Waals surface area contributed by atoms with Crippen molar-refractivity contribution in [2.24, 2.45) is 0 Å². The molecule has 0 aliphatic carbocycles. The van der Waals surface area contributed by atoms with Crippen LogP contribution < -0.4 is 15.9 Å². The molecule has 3 N–H and O–H groups in total. The molecule has 0 bridgehead atoms. The zero-order chi connectivity index (χ0) is 23.4. The van der Waals surface area contributed by atoms with Crippen molar-refractivity contribution in [2.45, 2.75) is 50.6 Å². The topological polar surface area (TPSA) is 95.1 Å². The number of benzene rings is 2. The zero-order valence-corrected chi connectivity index (χ0v) is 19.8. The Labute approximate surface area is 195 Å². The lowest BCUT2D eigenvalue weighted by Gasteiger charge is -2.15. The molecule has 0 aliphatic heterocycles. The number of anilines is 1. The average molecular weight is 478 g/mol. The number of thioether (sulfide) groups is 1. The number of hydrogen-bond acceptors (Lipinski definition) is 6. The molecule has 0 aliphatic rings. The summed E-state index contributed by atoms with van der Waals surface area (Å²) in [6.07, 6.45) is 0. The first-order valence-electron chi connectivity index (χ1n) is 10.0. The van der Waals surface area contributed by atoms with Crippen molar-refractivity contribution in [3.63, 3.8) is 0 Å². The van der Waals surface area contributed by atoms with E-state index in [2.05, 4.69) is 29.4 Å². The fourth-order valence-corrected chi connectivity index (χ4v) is 3.86. The highest BCUT2D eigenvalue weighted by Gasteiger charge is 2.21. The molecular formula is C22H25ClFN5O2S. The number of carbonyl (C=O) groups excluding carboxylic acids is 1. The number of nitrogens with two attached hydrogens (primary N) is 1. The summed E-state index contributed by atoms with van der Waals surface area (Å²) in [5, 5.41) is 10.7. The molecule has 1 heterocycles. The number of rotatable bonds is 8. The highest BCUT2D eigenvalue weighted by Crippen LogP contribution is 2.29. The van der Waals surface area contributed by atoms with Crippen molar-refractivity contribution < 1.29 is 13.9 Å². The number of ether oxygens (including phenoxy) is 1. The van der Waals surface area contributed by atoms with E-state index in [0.717, 1.165) is 34.7 Å². The van der Waals surface area contributed by atoms with Gasteiger partial charge in [0.2, 0.25) is 11.1 Å². The van der Waals surface area contributed by atoms with Gasteiger partial charge in [-0.1, -0.05) is 49.3 Å². The third kappa shape index (κ3) is 5.72. The van der Waals surface area contributed by atoms with Gasteiger partial charge in [0, 0.05) is 5.02 Å². The van der Waals surface area contributed by atoms with Gasteiger partial charge in [-0.25, -0.2) is 9.07 Å². The molecule has 3 aromatic rings. The standard InChI is InChI=1S/C22H25ClFN5O2S/c1-12(2)16-7-5-13(3)9-19(16)31-11-20-27-28-22(29(20)25)32-14(4)21(30)26-18-8-6-15(23)10-17(18)24/h5-10,12,14H,11,25H2,1-4H3,(H,26,30). The molecule has 0 spiro atoms. The molecule has 0 saturated carbocycles. The van der Waals surface area contributed by atoms with E-state index in [-0.39, 0.29) is 17.3 Å². The Hall–Kier alpha value is -2.78. The average Bonchev–Trinajstić information content (AvgIpc) is 3.07. The summed E-state index contributed by atoms with van der Waals surface area (Å²) in [4.78, 5) is 12.5. The molecule has 32 heavy (non-hydrogen) atoms. The first-order chi connectivity index (χ1) is 15.2. The Morgan fingerprint density at radius 1 is 1.25 bits per heavy atom. The van der Waals surface area contributed by atoms with Crippen molar-refractivity contribution in [3.8, 4) is 5.75 Å². The molecular weight excluding hydrogens is 453 g/mol. The molecule has 0 fully saturated rings. The Morgan fingerprint density at radius 3 is 2.69 bits per heavy atom. The van der Waals surface area contributed by atoms with Crippen molar-refractivity contribution in [1.29, 1.82) is 0 Å². The second-order valence-corrected chi connectivity index (χ2v) is 9.37. The van der Waals surface area contributed by atoms with Gasteiger partial charge in [-0.3, -0.25) is 4.79 Å². The lowest BCUT2D eigenvalue weighted by atomic mass is 10.0. The predicted octanol–water partition coefficient (Wildman–Crippen LogP) is 4.91. The van der Waals surface area contributed by atoms with Gasteiger partial charge in [0.15, 0.2) is 5.82 Å². The minimum Gasteiger partial charge on any atom is -0.485 e. The Morgan fingerprint density at radius 2 is 2.00 bits per heavy atom. The second-order valence-electron chi connectivity index (χ2n) is 7.63. The van der Waals surface area contributed by atoms with E-state index in [1.54, 1.807) is 6.92 Å². The summed E-state index contributed by atoms with van der Waals surface area (Å²) in [6, 6.07) is 10.1. The van der Waals surface area contributed by atoms with Crippen LogP contribution in [0.5, 0.6) is 5.75 Å². The van der Waals surface area contributed by atoms with Crippen molar-refractivity contribution in [2.75, 3.05) is 11.2 Å². The first-order valence-corrected chi connectivity index (χ1v) is 11.3. The summed E-state index contributed by atoms with van der Waals surface area (Å²) in [5.74, 6) is 6.60. The number of hydrogen-bond donors (Lipinski definition) is 2. The molecule has 0 radical (unpaired) electrons. The van der Waals surface area contributed by atoms with Crippen LogP contribution in [0.1, 0.15) is 43.6 Å². The lowest BCUT2D eigenvalue weighted by Crippen LogP contribution is -2.24. The van der Waals surface area contributed by atoms with Crippen LogP contribution in [-0.4, -0.2) is 26.0 Å². The van der Waals surface area contributed by atoms with Gasteiger partial charge in [-0.05, 0) is 55.2 Å². The van der Waals surface area contributed by atoms with E-state index in [0.29, 0.717) is 16.9 Å². The number of aryl methyl sites for hydroxylation is 1. The minimum atomic E-state index is -0.610. The normalized spacial score (nSPS) is 12.1. The molecule has 10 heteroatoms. The molecule has 7 nitrogen and oxygen atoms in total. The maximum absolute atomic E-state index is 13.9. The van der Waals surface area contributed by atoms with Gasteiger partial charge in [0.25, 0.3) is 0 Å². The summed E-state index contributed by atoms with van der Waals surface area (Å²) in [6.45, 7) is 7.99. The third-order valence-electron chi connectivity index (χ3n) is 4.72. The van der Waals surface area contributed by atoms with Crippen LogP contribution in [0, 0.1) is 12.7 Å². The summed E-state index contributed by atoms with van der Waals surface area (Å²) in [7, 11) is 0. The molecule has 0 saturated heterocycles. The number of aromatic nitrogens is 3.